The van der Waals surface area contributed by atoms with Gasteiger partial charge in [-0.3, -0.25) is 4.99 Å². The molecule has 0 aromatic carbocycles. The molecule has 1 heterocycles. The normalized spacial score (nSPS) is 21.5. The van der Waals surface area contributed by atoms with Gasteiger partial charge in [0.1, 0.15) is 5.76 Å². The molecule has 4 nitrogen and oxygen atoms in total. The zero-order valence-corrected chi connectivity index (χ0v) is 16.8. The van der Waals surface area contributed by atoms with E-state index in [2.05, 4.69) is 15.6 Å². The van der Waals surface area contributed by atoms with Gasteiger partial charge in [-0.1, -0.05) is 13.3 Å². The van der Waals surface area contributed by atoms with Gasteiger partial charge in [0.2, 0.25) is 0 Å². The minimum Gasteiger partial charge on any atom is -0.469 e. The van der Waals surface area contributed by atoms with Crippen molar-refractivity contribution >= 4 is 29.9 Å². The van der Waals surface area contributed by atoms with Crippen molar-refractivity contribution in [3.05, 3.63) is 24.2 Å². The van der Waals surface area contributed by atoms with Crippen molar-refractivity contribution in [2.45, 2.75) is 57.7 Å². The number of rotatable bonds is 6. The Bertz CT molecular complexity index is 506. The third-order valence-corrected chi connectivity index (χ3v) is 4.22. The first kappa shape index (κ1) is 22.1. The van der Waals surface area contributed by atoms with Crippen LogP contribution >= 0.6 is 24.0 Å². The average Bonchev–Trinajstić information content (AvgIpc) is 3.05. The molecular formula is C17H27F3IN3O. The summed E-state index contributed by atoms with van der Waals surface area (Å²) in [6, 6.07) is 3.54. The van der Waals surface area contributed by atoms with Crippen LogP contribution in [-0.2, 0) is 6.42 Å². The van der Waals surface area contributed by atoms with Crippen LogP contribution in [0.25, 0.3) is 0 Å². The lowest BCUT2D eigenvalue weighted by Gasteiger charge is -2.32. The second-order valence-corrected chi connectivity index (χ2v) is 6.23. The predicted octanol–water partition coefficient (Wildman–Crippen LogP) is 4.51. The van der Waals surface area contributed by atoms with Crippen molar-refractivity contribution in [3.8, 4) is 0 Å². The molecule has 2 rings (SSSR count). The fourth-order valence-corrected chi connectivity index (χ4v) is 2.95. The molecule has 1 aromatic heterocycles. The minimum atomic E-state index is -4.10. The molecule has 144 valence electrons. The molecule has 2 unspecified atom stereocenters. The summed E-state index contributed by atoms with van der Waals surface area (Å²) in [5.41, 5.74) is 0. The summed E-state index contributed by atoms with van der Waals surface area (Å²) < 4.78 is 44.1. The van der Waals surface area contributed by atoms with E-state index in [0.29, 0.717) is 31.9 Å². The fraction of sp³-hybridized carbons (Fsp3) is 0.706. The Morgan fingerprint density at radius 1 is 1.36 bits per heavy atom. The predicted molar refractivity (Wildman–Crippen MR) is 103 cm³/mol. The van der Waals surface area contributed by atoms with Crippen molar-refractivity contribution in [2.24, 2.45) is 10.9 Å². The molecule has 0 amide bonds. The smallest absolute Gasteiger partial charge is 0.391 e. The molecule has 1 fully saturated rings. The van der Waals surface area contributed by atoms with Gasteiger partial charge < -0.3 is 15.1 Å². The highest BCUT2D eigenvalue weighted by Gasteiger charge is 2.42. The summed E-state index contributed by atoms with van der Waals surface area (Å²) in [5, 5.41) is 6.37. The Labute approximate surface area is 164 Å². The van der Waals surface area contributed by atoms with E-state index in [-0.39, 0.29) is 42.9 Å². The Morgan fingerprint density at radius 2 is 2.16 bits per heavy atom. The van der Waals surface area contributed by atoms with E-state index >= 15 is 0 Å². The van der Waals surface area contributed by atoms with Gasteiger partial charge in [0, 0.05) is 25.6 Å². The molecular weight excluding hydrogens is 446 g/mol. The molecule has 2 atom stereocenters. The van der Waals surface area contributed by atoms with Crippen LogP contribution in [0.2, 0.25) is 0 Å². The number of furan rings is 1. The van der Waals surface area contributed by atoms with Crippen LogP contribution in [0, 0.1) is 5.92 Å². The average molecular weight is 473 g/mol. The van der Waals surface area contributed by atoms with Crippen LogP contribution in [0.5, 0.6) is 0 Å². The maximum absolute atomic E-state index is 12.9. The van der Waals surface area contributed by atoms with E-state index in [9.17, 15) is 13.2 Å². The zero-order valence-electron chi connectivity index (χ0n) is 14.4. The summed E-state index contributed by atoms with van der Waals surface area (Å²) in [6.45, 7) is 3.29. The van der Waals surface area contributed by atoms with Gasteiger partial charge in [-0.05, 0) is 37.8 Å². The standard InChI is InChI=1S/C17H26F3N3O.HI/c1-2-9-21-16(22-10-8-15-7-4-11-24-15)23-14-6-3-5-13(12-14)17(18,19)20;/h4,7,11,13-14H,2-3,5-6,8-10,12H2,1H3,(H2,21,22,23);1H. The lowest BCUT2D eigenvalue weighted by molar-refractivity contribution is -0.183. The molecule has 25 heavy (non-hydrogen) atoms. The molecule has 0 radical (unpaired) electrons. The summed E-state index contributed by atoms with van der Waals surface area (Å²) in [5.74, 6) is 0.252. The molecule has 0 saturated heterocycles. The van der Waals surface area contributed by atoms with E-state index in [1.54, 1.807) is 6.26 Å². The number of hydrogen-bond acceptors (Lipinski definition) is 2. The number of nitrogens with one attached hydrogen (secondary N) is 2. The van der Waals surface area contributed by atoms with Crippen LogP contribution in [0.3, 0.4) is 0 Å². The highest BCUT2D eigenvalue weighted by atomic mass is 127. The van der Waals surface area contributed by atoms with Crippen molar-refractivity contribution in [1.29, 1.82) is 0 Å². The Balaban J connectivity index is 0.00000312. The monoisotopic (exact) mass is 473 g/mol. The number of guanidine groups is 1. The quantitative estimate of drug-likeness (QED) is 0.363. The Morgan fingerprint density at radius 3 is 2.80 bits per heavy atom. The van der Waals surface area contributed by atoms with Crippen molar-refractivity contribution in [2.75, 3.05) is 13.1 Å². The first-order chi connectivity index (χ1) is 11.5. The first-order valence-corrected chi connectivity index (χ1v) is 8.63. The molecule has 2 N–H and O–H groups in total. The van der Waals surface area contributed by atoms with E-state index in [4.69, 9.17) is 4.42 Å². The molecule has 0 aliphatic heterocycles. The van der Waals surface area contributed by atoms with Crippen LogP contribution < -0.4 is 10.6 Å². The van der Waals surface area contributed by atoms with Crippen LogP contribution in [0.1, 0.15) is 44.8 Å². The molecule has 1 aliphatic rings. The van der Waals surface area contributed by atoms with Gasteiger partial charge in [0.25, 0.3) is 0 Å². The van der Waals surface area contributed by atoms with E-state index < -0.39 is 12.1 Å². The van der Waals surface area contributed by atoms with E-state index in [0.717, 1.165) is 18.6 Å². The second-order valence-electron chi connectivity index (χ2n) is 6.23. The van der Waals surface area contributed by atoms with Crippen molar-refractivity contribution in [3.63, 3.8) is 0 Å². The maximum Gasteiger partial charge on any atom is 0.391 e. The highest BCUT2D eigenvalue weighted by molar-refractivity contribution is 14.0. The summed E-state index contributed by atoms with van der Waals surface area (Å²) in [7, 11) is 0. The third kappa shape index (κ3) is 7.87. The van der Waals surface area contributed by atoms with E-state index in [1.807, 2.05) is 19.1 Å². The lowest BCUT2D eigenvalue weighted by atomic mass is 9.85. The van der Waals surface area contributed by atoms with Gasteiger partial charge in [0.05, 0.1) is 12.2 Å². The number of nitrogens with zero attached hydrogens (tertiary/aromatic N) is 1. The Kier molecular flexibility index (Phi) is 9.66. The third-order valence-electron chi connectivity index (χ3n) is 4.22. The Hall–Kier alpha value is -0.930. The molecule has 0 spiro atoms. The van der Waals surface area contributed by atoms with Gasteiger partial charge in [-0.2, -0.15) is 13.2 Å². The number of alkyl halides is 3. The van der Waals surface area contributed by atoms with Gasteiger partial charge >= 0.3 is 6.18 Å². The largest absolute Gasteiger partial charge is 0.469 e. The molecule has 1 saturated carbocycles. The second kappa shape index (κ2) is 10.9. The van der Waals surface area contributed by atoms with E-state index in [1.165, 1.54) is 0 Å². The fourth-order valence-electron chi connectivity index (χ4n) is 2.95. The number of aliphatic imine (C=N–C) groups is 1. The SMILES string of the molecule is CCCN=C(NCCc1ccco1)NC1CCCC(C(F)(F)F)C1.I. The van der Waals surface area contributed by atoms with Crippen LogP contribution in [0.4, 0.5) is 13.2 Å². The number of halogens is 4. The highest BCUT2D eigenvalue weighted by Crippen LogP contribution is 2.37. The van der Waals surface area contributed by atoms with Gasteiger partial charge in [-0.15, -0.1) is 24.0 Å². The summed E-state index contributed by atoms with van der Waals surface area (Å²) >= 11 is 0. The minimum absolute atomic E-state index is 0. The molecule has 0 bridgehead atoms. The molecule has 1 aliphatic carbocycles. The van der Waals surface area contributed by atoms with Crippen LogP contribution in [-0.4, -0.2) is 31.3 Å². The lowest BCUT2D eigenvalue weighted by Crippen LogP contribution is -2.47. The zero-order chi connectivity index (χ0) is 17.4. The topological polar surface area (TPSA) is 49.6 Å². The molecule has 8 heteroatoms. The summed E-state index contributed by atoms with van der Waals surface area (Å²) in [6.07, 6.45) is 0.805. The maximum atomic E-state index is 12.9. The van der Waals surface area contributed by atoms with Gasteiger partial charge in [0.15, 0.2) is 5.96 Å². The van der Waals surface area contributed by atoms with Crippen LogP contribution in [0.15, 0.2) is 27.8 Å². The number of hydrogen-bond donors (Lipinski definition) is 2. The summed E-state index contributed by atoms with van der Waals surface area (Å²) in [4.78, 5) is 4.42. The van der Waals surface area contributed by atoms with Crippen molar-refractivity contribution < 1.29 is 17.6 Å². The molecule has 1 aromatic rings. The van der Waals surface area contributed by atoms with Crippen molar-refractivity contribution in [1.82, 2.24) is 10.6 Å². The first-order valence-electron chi connectivity index (χ1n) is 8.63. The van der Waals surface area contributed by atoms with Gasteiger partial charge in [-0.25, -0.2) is 0 Å².